The molecule has 0 amide bonds. The maximum atomic E-state index is 5.39. The van der Waals surface area contributed by atoms with Crippen LogP contribution >= 0.6 is 0 Å². The highest BCUT2D eigenvalue weighted by Crippen LogP contribution is 2.19. The van der Waals surface area contributed by atoms with Gasteiger partial charge in [-0.2, -0.15) is 0 Å². The second-order valence-corrected chi connectivity index (χ2v) is 7.31. The average molecular weight is 370 g/mol. The van der Waals surface area contributed by atoms with E-state index in [2.05, 4.69) is 76.8 Å². The molecule has 27 heavy (non-hydrogen) atoms. The number of aliphatic imine (C=N–C) groups is 1. The zero-order chi connectivity index (χ0) is 19.1. The number of nitrogens with zero attached hydrogens (tertiary/aromatic N) is 3. The third-order valence-corrected chi connectivity index (χ3v) is 4.86. The van der Waals surface area contributed by atoms with Gasteiger partial charge >= 0.3 is 0 Å². The zero-order valence-corrected chi connectivity index (χ0v) is 16.6. The smallest absolute Gasteiger partial charge is 0.191 e. The molecule has 146 valence electrons. The molecule has 1 aliphatic heterocycles. The summed E-state index contributed by atoms with van der Waals surface area (Å²) in [6, 6.07) is 13.1. The van der Waals surface area contributed by atoms with Crippen molar-refractivity contribution >= 4 is 11.6 Å². The Hall–Kier alpha value is -2.50. The summed E-state index contributed by atoms with van der Waals surface area (Å²) in [4.78, 5) is 7.12. The summed E-state index contributed by atoms with van der Waals surface area (Å²) in [6.45, 7) is 9.75. The third-order valence-electron chi connectivity index (χ3n) is 4.86. The molecule has 0 bridgehead atoms. The lowest BCUT2D eigenvalue weighted by Crippen LogP contribution is -2.48. The van der Waals surface area contributed by atoms with Gasteiger partial charge in [0.05, 0.1) is 5.69 Å². The summed E-state index contributed by atoms with van der Waals surface area (Å²) in [6.07, 6.45) is 2.19. The Morgan fingerprint density at radius 3 is 2.63 bits per heavy atom. The quantitative estimate of drug-likeness (QED) is 0.602. The number of piperidine rings is 1. The van der Waals surface area contributed by atoms with E-state index in [0.717, 1.165) is 49.9 Å². The molecule has 0 atom stereocenters. The van der Waals surface area contributed by atoms with E-state index in [1.807, 2.05) is 6.07 Å². The van der Waals surface area contributed by atoms with Crippen LogP contribution in [-0.2, 0) is 6.54 Å². The fraction of sp³-hybridized carbons (Fsp3) is 0.524. The van der Waals surface area contributed by atoms with Crippen LogP contribution in [0.15, 0.2) is 45.9 Å². The first-order valence-corrected chi connectivity index (χ1v) is 9.96. The molecule has 0 spiro atoms. The third kappa shape index (κ3) is 5.49. The van der Waals surface area contributed by atoms with Gasteiger partial charge in [-0.05, 0) is 37.8 Å². The SMILES string of the molecule is CCNC(=NCc1cc(C(C)C)no1)NC1CCN(c2ccccc2)CC1. The second-order valence-electron chi connectivity index (χ2n) is 7.31. The Balaban J connectivity index is 1.53. The van der Waals surface area contributed by atoms with Crippen molar-refractivity contribution in [1.82, 2.24) is 15.8 Å². The molecule has 0 aliphatic carbocycles. The van der Waals surface area contributed by atoms with Crippen LogP contribution in [0.25, 0.3) is 0 Å². The molecule has 0 radical (unpaired) electrons. The van der Waals surface area contributed by atoms with Gasteiger partial charge < -0.3 is 20.1 Å². The standard InChI is InChI=1S/C21H31N5O/c1-4-22-21(23-15-19-14-20(16(2)3)25-27-19)24-17-10-12-26(13-11-17)18-8-6-5-7-9-18/h5-9,14,16-17H,4,10-13,15H2,1-3H3,(H2,22,23,24). The van der Waals surface area contributed by atoms with Crippen molar-refractivity contribution in [2.24, 2.45) is 4.99 Å². The summed E-state index contributed by atoms with van der Waals surface area (Å²) in [7, 11) is 0. The van der Waals surface area contributed by atoms with Crippen LogP contribution in [0.1, 0.15) is 51.0 Å². The highest BCUT2D eigenvalue weighted by molar-refractivity contribution is 5.80. The summed E-state index contributed by atoms with van der Waals surface area (Å²) in [5.41, 5.74) is 2.29. The predicted octanol–water partition coefficient (Wildman–Crippen LogP) is 3.52. The molecule has 0 unspecified atom stereocenters. The van der Waals surface area contributed by atoms with Crippen LogP contribution in [0, 0.1) is 0 Å². The van der Waals surface area contributed by atoms with Gasteiger partial charge in [-0.15, -0.1) is 0 Å². The first-order chi connectivity index (χ1) is 13.2. The molecular formula is C21H31N5O. The van der Waals surface area contributed by atoms with Gasteiger partial charge in [0.2, 0.25) is 0 Å². The van der Waals surface area contributed by atoms with Gasteiger partial charge in [-0.25, -0.2) is 4.99 Å². The first-order valence-electron chi connectivity index (χ1n) is 9.96. The van der Waals surface area contributed by atoms with Gasteiger partial charge in [0.1, 0.15) is 6.54 Å². The number of rotatable bonds is 6. The number of nitrogens with one attached hydrogen (secondary N) is 2. The van der Waals surface area contributed by atoms with Crippen molar-refractivity contribution in [2.75, 3.05) is 24.5 Å². The topological polar surface area (TPSA) is 65.7 Å². The van der Waals surface area contributed by atoms with Crippen LogP contribution in [-0.4, -0.2) is 36.8 Å². The molecule has 1 fully saturated rings. The minimum absolute atomic E-state index is 0.368. The van der Waals surface area contributed by atoms with E-state index in [4.69, 9.17) is 4.52 Å². The van der Waals surface area contributed by atoms with Gasteiger partial charge in [0.25, 0.3) is 0 Å². The van der Waals surface area contributed by atoms with Crippen LogP contribution in [0.4, 0.5) is 5.69 Å². The number of hydrogen-bond acceptors (Lipinski definition) is 4. The Morgan fingerprint density at radius 2 is 2.00 bits per heavy atom. The van der Waals surface area contributed by atoms with Crippen molar-refractivity contribution in [3.05, 3.63) is 47.9 Å². The van der Waals surface area contributed by atoms with E-state index < -0.39 is 0 Å². The minimum Gasteiger partial charge on any atom is -0.371 e. The molecule has 6 nitrogen and oxygen atoms in total. The van der Waals surface area contributed by atoms with Crippen molar-refractivity contribution in [1.29, 1.82) is 0 Å². The Bertz CT molecular complexity index is 717. The fourth-order valence-corrected chi connectivity index (χ4v) is 3.27. The monoisotopic (exact) mass is 369 g/mol. The summed E-state index contributed by atoms with van der Waals surface area (Å²) in [5, 5.41) is 11.0. The molecule has 1 aromatic carbocycles. The Morgan fingerprint density at radius 1 is 1.26 bits per heavy atom. The highest BCUT2D eigenvalue weighted by Gasteiger charge is 2.20. The van der Waals surface area contributed by atoms with Gasteiger partial charge in [0, 0.05) is 37.4 Å². The van der Waals surface area contributed by atoms with Crippen LogP contribution < -0.4 is 15.5 Å². The van der Waals surface area contributed by atoms with E-state index in [-0.39, 0.29) is 0 Å². The average Bonchev–Trinajstić information content (AvgIpc) is 3.17. The number of benzene rings is 1. The fourth-order valence-electron chi connectivity index (χ4n) is 3.27. The van der Waals surface area contributed by atoms with E-state index in [9.17, 15) is 0 Å². The predicted molar refractivity (Wildman–Crippen MR) is 110 cm³/mol. The number of guanidine groups is 1. The molecule has 3 rings (SSSR count). The van der Waals surface area contributed by atoms with E-state index in [0.29, 0.717) is 18.5 Å². The van der Waals surface area contributed by atoms with Crippen LogP contribution in [0.5, 0.6) is 0 Å². The van der Waals surface area contributed by atoms with E-state index in [1.165, 1.54) is 5.69 Å². The summed E-state index contributed by atoms with van der Waals surface area (Å²) < 4.78 is 5.39. The molecule has 2 N–H and O–H groups in total. The minimum atomic E-state index is 0.368. The largest absolute Gasteiger partial charge is 0.371 e. The van der Waals surface area contributed by atoms with Crippen molar-refractivity contribution in [3.8, 4) is 0 Å². The lowest BCUT2D eigenvalue weighted by Gasteiger charge is -2.34. The van der Waals surface area contributed by atoms with Crippen LogP contribution in [0.3, 0.4) is 0 Å². The number of hydrogen-bond donors (Lipinski definition) is 2. The van der Waals surface area contributed by atoms with Gasteiger partial charge in [0.15, 0.2) is 11.7 Å². The van der Waals surface area contributed by atoms with Crippen molar-refractivity contribution in [2.45, 2.75) is 52.1 Å². The van der Waals surface area contributed by atoms with Crippen molar-refractivity contribution < 1.29 is 4.52 Å². The summed E-state index contributed by atoms with van der Waals surface area (Å²) in [5.74, 6) is 2.01. The molecular weight excluding hydrogens is 338 g/mol. The highest BCUT2D eigenvalue weighted by atomic mass is 16.5. The molecule has 0 saturated carbocycles. The molecule has 6 heteroatoms. The lowest BCUT2D eigenvalue weighted by molar-refractivity contribution is 0.376. The van der Waals surface area contributed by atoms with E-state index in [1.54, 1.807) is 0 Å². The Kier molecular flexibility index (Phi) is 6.74. The van der Waals surface area contributed by atoms with E-state index >= 15 is 0 Å². The first kappa shape index (κ1) is 19.3. The van der Waals surface area contributed by atoms with Gasteiger partial charge in [-0.1, -0.05) is 37.2 Å². The normalized spacial score (nSPS) is 16.0. The Labute approximate surface area is 162 Å². The number of para-hydroxylation sites is 1. The molecule has 1 saturated heterocycles. The summed E-state index contributed by atoms with van der Waals surface area (Å²) >= 11 is 0. The van der Waals surface area contributed by atoms with Gasteiger partial charge in [-0.3, -0.25) is 0 Å². The zero-order valence-electron chi connectivity index (χ0n) is 16.6. The molecule has 1 aliphatic rings. The lowest BCUT2D eigenvalue weighted by atomic mass is 10.0. The number of aromatic nitrogens is 1. The maximum Gasteiger partial charge on any atom is 0.191 e. The maximum absolute atomic E-state index is 5.39. The molecule has 2 heterocycles. The molecule has 1 aromatic heterocycles. The van der Waals surface area contributed by atoms with Crippen LogP contribution in [0.2, 0.25) is 0 Å². The van der Waals surface area contributed by atoms with Crippen molar-refractivity contribution in [3.63, 3.8) is 0 Å². The molecule has 2 aromatic rings. The second kappa shape index (κ2) is 9.44. The number of anilines is 1.